The van der Waals surface area contributed by atoms with Gasteiger partial charge >= 0.3 is 0 Å². The Labute approximate surface area is 101 Å². The van der Waals surface area contributed by atoms with Crippen LogP contribution in [0.25, 0.3) is 0 Å². The quantitative estimate of drug-likeness (QED) is 0.784. The van der Waals surface area contributed by atoms with Gasteiger partial charge in [0, 0.05) is 6.54 Å². The summed E-state index contributed by atoms with van der Waals surface area (Å²) in [5.74, 6) is 0. The Kier molecular flexibility index (Phi) is 3.96. The van der Waals surface area contributed by atoms with Crippen LogP contribution < -0.4 is 4.72 Å². The van der Waals surface area contributed by atoms with E-state index in [0.717, 1.165) is 19.3 Å². The van der Waals surface area contributed by atoms with E-state index < -0.39 is 10.0 Å². The predicted octanol–water partition coefficient (Wildman–Crippen LogP) is 1.58. The molecular weight excluding hydrogens is 238 g/mol. The van der Waals surface area contributed by atoms with E-state index in [1.165, 1.54) is 30.7 Å². The van der Waals surface area contributed by atoms with Crippen molar-refractivity contribution < 1.29 is 8.42 Å². The standard InChI is InChI=1S/C11H17N3O2S/c15-17(16,11-7-8-12-14-11)13-9-6-10-4-2-1-3-5-10/h4,7-8,13H,1-3,5-6,9H2,(H,12,14). The molecule has 1 aliphatic carbocycles. The molecule has 0 saturated carbocycles. The first kappa shape index (κ1) is 12.3. The first-order chi connectivity index (χ1) is 8.18. The number of nitrogens with one attached hydrogen (secondary N) is 2. The Hall–Kier alpha value is -1.14. The number of aromatic nitrogens is 2. The molecule has 0 aliphatic heterocycles. The highest BCUT2D eigenvalue weighted by molar-refractivity contribution is 7.89. The lowest BCUT2D eigenvalue weighted by Crippen LogP contribution is -2.25. The molecule has 94 valence electrons. The second-order valence-corrected chi connectivity index (χ2v) is 5.91. The molecule has 0 unspecified atom stereocenters. The summed E-state index contributed by atoms with van der Waals surface area (Å²) in [6.07, 6.45) is 9.16. The Morgan fingerprint density at radius 2 is 2.29 bits per heavy atom. The molecule has 0 spiro atoms. The molecule has 1 aromatic rings. The van der Waals surface area contributed by atoms with Gasteiger partial charge in [-0.2, -0.15) is 5.10 Å². The number of sulfonamides is 1. The van der Waals surface area contributed by atoms with Gasteiger partial charge in [-0.05, 0) is 38.2 Å². The molecule has 0 fully saturated rings. The molecule has 1 aliphatic rings. The van der Waals surface area contributed by atoms with Crippen molar-refractivity contribution in [3.05, 3.63) is 23.9 Å². The van der Waals surface area contributed by atoms with Gasteiger partial charge in [-0.3, -0.25) is 5.10 Å². The zero-order valence-electron chi connectivity index (χ0n) is 9.65. The highest BCUT2D eigenvalue weighted by Gasteiger charge is 2.14. The van der Waals surface area contributed by atoms with Gasteiger partial charge in [0.25, 0.3) is 10.0 Å². The molecule has 5 nitrogen and oxygen atoms in total. The van der Waals surface area contributed by atoms with Gasteiger partial charge in [-0.25, -0.2) is 13.1 Å². The largest absolute Gasteiger partial charge is 0.266 e. The van der Waals surface area contributed by atoms with Crippen molar-refractivity contribution in [3.8, 4) is 0 Å². The fraction of sp³-hybridized carbons (Fsp3) is 0.545. The van der Waals surface area contributed by atoms with Crippen LogP contribution in [0.15, 0.2) is 28.9 Å². The van der Waals surface area contributed by atoms with E-state index >= 15 is 0 Å². The molecule has 6 heteroatoms. The summed E-state index contributed by atoms with van der Waals surface area (Å²) in [5.41, 5.74) is 1.36. The SMILES string of the molecule is O=S(=O)(NCCC1=CCCCC1)c1ccn[nH]1. The zero-order chi connectivity index (χ0) is 12.1. The first-order valence-electron chi connectivity index (χ1n) is 5.85. The van der Waals surface area contributed by atoms with E-state index in [4.69, 9.17) is 0 Å². The van der Waals surface area contributed by atoms with Crippen LogP contribution in [0.1, 0.15) is 32.1 Å². The van der Waals surface area contributed by atoms with Crippen molar-refractivity contribution in [1.82, 2.24) is 14.9 Å². The van der Waals surface area contributed by atoms with Crippen LogP contribution in [-0.4, -0.2) is 25.2 Å². The second kappa shape index (κ2) is 5.46. The molecule has 0 radical (unpaired) electrons. The topological polar surface area (TPSA) is 74.8 Å². The van der Waals surface area contributed by atoms with Crippen molar-refractivity contribution in [2.45, 2.75) is 37.1 Å². The molecule has 2 N–H and O–H groups in total. The summed E-state index contributed by atoms with van der Waals surface area (Å²) in [6, 6.07) is 1.45. The predicted molar refractivity (Wildman–Crippen MR) is 64.9 cm³/mol. The van der Waals surface area contributed by atoms with Gasteiger partial charge < -0.3 is 0 Å². The lowest BCUT2D eigenvalue weighted by molar-refractivity contribution is 0.575. The van der Waals surface area contributed by atoms with Gasteiger partial charge in [0.15, 0.2) is 5.03 Å². The number of aromatic amines is 1. The third-order valence-corrected chi connectivity index (χ3v) is 4.28. The fourth-order valence-electron chi connectivity index (χ4n) is 1.95. The number of rotatable bonds is 5. The molecule has 1 heterocycles. The highest BCUT2D eigenvalue weighted by Crippen LogP contribution is 2.19. The van der Waals surface area contributed by atoms with Gasteiger partial charge in [0.2, 0.25) is 0 Å². The number of allylic oxidation sites excluding steroid dienone is 1. The maximum absolute atomic E-state index is 11.7. The smallest absolute Gasteiger partial charge is 0.257 e. The van der Waals surface area contributed by atoms with E-state index in [0.29, 0.717) is 6.54 Å². The second-order valence-electron chi connectivity index (χ2n) is 4.18. The Morgan fingerprint density at radius 3 is 2.94 bits per heavy atom. The minimum absolute atomic E-state index is 0.120. The number of nitrogens with zero attached hydrogens (tertiary/aromatic N) is 1. The molecule has 1 aromatic heterocycles. The maximum atomic E-state index is 11.7. The lowest BCUT2D eigenvalue weighted by Gasteiger charge is -2.12. The summed E-state index contributed by atoms with van der Waals surface area (Å²) in [4.78, 5) is 0. The third-order valence-electron chi connectivity index (χ3n) is 2.89. The van der Waals surface area contributed by atoms with Crippen LogP contribution in [-0.2, 0) is 10.0 Å². The van der Waals surface area contributed by atoms with Crippen molar-refractivity contribution >= 4 is 10.0 Å². The maximum Gasteiger partial charge on any atom is 0.257 e. The molecule has 2 rings (SSSR count). The molecule has 0 saturated heterocycles. The van der Waals surface area contributed by atoms with Gasteiger partial charge in [0.1, 0.15) is 0 Å². The summed E-state index contributed by atoms with van der Waals surface area (Å²) in [5, 5.41) is 6.20. The van der Waals surface area contributed by atoms with Crippen molar-refractivity contribution in [1.29, 1.82) is 0 Å². The molecule has 0 bridgehead atoms. The summed E-state index contributed by atoms with van der Waals surface area (Å²) >= 11 is 0. The van der Waals surface area contributed by atoms with Crippen LogP contribution in [0.2, 0.25) is 0 Å². The summed E-state index contributed by atoms with van der Waals surface area (Å²) in [7, 11) is -3.41. The minimum Gasteiger partial charge on any atom is -0.266 e. The Bertz CT molecular complexity index is 477. The third kappa shape index (κ3) is 3.41. The minimum atomic E-state index is -3.41. The van der Waals surface area contributed by atoms with Crippen molar-refractivity contribution in [2.24, 2.45) is 0 Å². The monoisotopic (exact) mass is 255 g/mol. The average molecular weight is 255 g/mol. The van der Waals surface area contributed by atoms with Crippen molar-refractivity contribution in [3.63, 3.8) is 0 Å². The summed E-state index contributed by atoms with van der Waals surface area (Å²) < 4.78 is 26.0. The van der Waals surface area contributed by atoms with E-state index in [2.05, 4.69) is 21.0 Å². The van der Waals surface area contributed by atoms with E-state index in [-0.39, 0.29) is 5.03 Å². The molecule has 17 heavy (non-hydrogen) atoms. The van der Waals surface area contributed by atoms with Gasteiger partial charge in [0.05, 0.1) is 6.20 Å². The Balaban J connectivity index is 1.84. The van der Waals surface area contributed by atoms with Gasteiger partial charge in [-0.15, -0.1) is 0 Å². The fourth-order valence-corrected chi connectivity index (χ4v) is 2.89. The molecule has 0 atom stereocenters. The van der Waals surface area contributed by atoms with Crippen LogP contribution in [0.4, 0.5) is 0 Å². The normalized spacial score (nSPS) is 16.8. The lowest BCUT2D eigenvalue weighted by atomic mass is 9.97. The number of H-pyrrole nitrogens is 1. The van der Waals surface area contributed by atoms with E-state index in [1.54, 1.807) is 0 Å². The number of hydrogen-bond acceptors (Lipinski definition) is 3. The molecular formula is C11H17N3O2S. The highest BCUT2D eigenvalue weighted by atomic mass is 32.2. The van der Waals surface area contributed by atoms with E-state index in [1.807, 2.05) is 0 Å². The van der Waals surface area contributed by atoms with Gasteiger partial charge in [-0.1, -0.05) is 11.6 Å². The van der Waals surface area contributed by atoms with Crippen LogP contribution >= 0.6 is 0 Å². The average Bonchev–Trinajstić information content (AvgIpc) is 2.84. The van der Waals surface area contributed by atoms with Crippen molar-refractivity contribution in [2.75, 3.05) is 6.54 Å². The van der Waals surface area contributed by atoms with Crippen LogP contribution in [0, 0.1) is 0 Å². The van der Waals surface area contributed by atoms with Crippen LogP contribution in [0.5, 0.6) is 0 Å². The summed E-state index contributed by atoms with van der Waals surface area (Å²) in [6.45, 7) is 0.452. The Morgan fingerprint density at radius 1 is 1.41 bits per heavy atom. The molecule has 0 amide bonds. The van der Waals surface area contributed by atoms with E-state index in [9.17, 15) is 8.42 Å². The molecule has 0 aromatic carbocycles. The zero-order valence-corrected chi connectivity index (χ0v) is 10.5. The first-order valence-corrected chi connectivity index (χ1v) is 7.34. The van der Waals surface area contributed by atoms with Crippen LogP contribution in [0.3, 0.4) is 0 Å². The number of hydrogen-bond donors (Lipinski definition) is 2.